The van der Waals surface area contributed by atoms with Crippen LogP contribution in [0, 0.1) is 0 Å². The summed E-state index contributed by atoms with van der Waals surface area (Å²) in [7, 11) is 0. The van der Waals surface area contributed by atoms with E-state index in [1.54, 1.807) is 0 Å². The lowest BCUT2D eigenvalue weighted by Gasteiger charge is -2.38. The molecule has 0 aliphatic carbocycles. The number of rotatable bonds is 8. The molecular weight excluding hydrogens is 522 g/mol. The van der Waals surface area contributed by atoms with Crippen LogP contribution < -0.4 is 14.7 Å². The van der Waals surface area contributed by atoms with Crippen LogP contribution in [0.15, 0.2) is 170 Å². The number of hydrogen-bond donors (Lipinski definition) is 0. The van der Waals surface area contributed by atoms with Crippen LogP contribution in [-0.2, 0) is 0 Å². The van der Waals surface area contributed by atoms with Gasteiger partial charge in [0.05, 0.1) is 0 Å². The van der Waals surface area contributed by atoms with E-state index in [-0.39, 0.29) is 5.54 Å². The molecule has 0 heterocycles. The fraction of sp³-hybridized carbons (Fsp3) is 0.100. The van der Waals surface area contributed by atoms with Crippen LogP contribution in [0.5, 0.6) is 0 Å². The molecule has 3 heteroatoms. The van der Waals surface area contributed by atoms with Gasteiger partial charge >= 0.3 is 0 Å². The largest absolute Gasteiger partial charge is 0.336 e. The van der Waals surface area contributed by atoms with Crippen LogP contribution in [0.1, 0.15) is 20.8 Å². The van der Waals surface area contributed by atoms with E-state index in [2.05, 4.69) is 205 Å². The van der Waals surface area contributed by atoms with Crippen molar-refractivity contribution in [1.82, 2.24) is 0 Å². The highest BCUT2D eigenvalue weighted by atomic mass is 15.2. The Morgan fingerprint density at radius 1 is 0.279 bits per heavy atom. The normalized spacial score (nSPS) is 11.1. The summed E-state index contributed by atoms with van der Waals surface area (Å²) in [6.07, 6.45) is 0. The number of nitrogens with zero attached hydrogens (tertiary/aromatic N) is 3. The summed E-state index contributed by atoms with van der Waals surface area (Å²) >= 11 is 0. The van der Waals surface area contributed by atoms with Gasteiger partial charge in [-0.3, -0.25) is 0 Å². The maximum atomic E-state index is 2.41. The Bertz CT molecular complexity index is 1500. The maximum Gasteiger partial charge on any atom is 0.0463 e. The van der Waals surface area contributed by atoms with E-state index in [1.807, 2.05) is 0 Å². The molecule has 0 saturated heterocycles. The van der Waals surface area contributed by atoms with Crippen LogP contribution in [0.25, 0.3) is 0 Å². The van der Waals surface area contributed by atoms with Gasteiger partial charge in [-0.25, -0.2) is 0 Å². The molecule has 0 aliphatic rings. The van der Waals surface area contributed by atoms with Gasteiger partial charge in [-0.15, -0.1) is 0 Å². The first kappa shape index (κ1) is 27.9. The number of anilines is 8. The fourth-order valence-corrected chi connectivity index (χ4v) is 5.63. The Balaban J connectivity index is 1.35. The zero-order valence-electron chi connectivity index (χ0n) is 25.0. The van der Waals surface area contributed by atoms with Crippen molar-refractivity contribution in [1.29, 1.82) is 0 Å². The van der Waals surface area contributed by atoms with E-state index in [0.717, 1.165) is 45.5 Å². The lowest BCUT2D eigenvalue weighted by molar-refractivity contribution is 0.560. The first-order valence-corrected chi connectivity index (χ1v) is 14.8. The Hall–Kier alpha value is -5.28. The van der Waals surface area contributed by atoms with Gasteiger partial charge in [0.25, 0.3) is 0 Å². The molecule has 0 radical (unpaired) electrons. The zero-order chi connectivity index (χ0) is 29.6. The van der Waals surface area contributed by atoms with Crippen molar-refractivity contribution in [2.75, 3.05) is 14.7 Å². The zero-order valence-corrected chi connectivity index (χ0v) is 25.0. The molecule has 0 amide bonds. The van der Waals surface area contributed by atoms with Crippen molar-refractivity contribution in [3.63, 3.8) is 0 Å². The highest BCUT2D eigenvalue weighted by Crippen LogP contribution is 2.40. The average molecular weight is 560 g/mol. The lowest BCUT2D eigenvalue weighted by atomic mass is 10.0. The van der Waals surface area contributed by atoms with E-state index in [0.29, 0.717) is 0 Å². The predicted molar refractivity (Wildman–Crippen MR) is 184 cm³/mol. The fourth-order valence-electron chi connectivity index (χ4n) is 5.63. The lowest BCUT2D eigenvalue weighted by Crippen LogP contribution is -2.37. The Labute approximate surface area is 255 Å². The Morgan fingerprint density at radius 3 is 0.721 bits per heavy atom. The van der Waals surface area contributed by atoms with Gasteiger partial charge in [0.1, 0.15) is 0 Å². The average Bonchev–Trinajstić information content (AvgIpc) is 3.04. The van der Waals surface area contributed by atoms with Crippen molar-refractivity contribution in [3.05, 3.63) is 170 Å². The van der Waals surface area contributed by atoms with Crippen molar-refractivity contribution in [2.45, 2.75) is 26.3 Å². The van der Waals surface area contributed by atoms with Gasteiger partial charge in [-0.2, -0.15) is 0 Å². The number of hydrogen-bond acceptors (Lipinski definition) is 3. The molecule has 0 aliphatic heterocycles. The molecule has 6 rings (SSSR count). The molecule has 6 aromatic rings. The molecule has 6 aromatic carbocycles. The third-order valence-corrected chi connectivity index (χ3v) is 7.46. The minimum absolute atomic E-state index is 0.139. The van der Waals surface area contributed by atoms with Gasteiger partial charge in [0, 0.05) is 51.0 Å². The summed E-state index contributed by atoms with van der Waals surface area (Å²) in [6, 6.07) is 59.9. The molecule has 0 spiro atoms. The molecule has 3 nitrogen and oxygen atoms in total. The molecule has 0 saturated carbocycles. The number of para-hydroxylation sites is 4. The predicted octanol–water partition coefficient (Wildman–Crippen LogP) is 11.6. The molecular formula is C40H37N3. The van der Waals surface area contributed by atoms with Gasteiger partial charge in [-0.1, -0.05) is 72.8 Å². The topological polar surface area (TPSA) is 9.72 Å². The summed E-state index contributed by atoms with van der Waals surface area (Å²) in [5.41, 5.74) is 8.91. The van der Waals surface area contributed by atoms with Crippen LogP contribution in [0.3, 0.4) is 0 Å². The monoisotopic (exact) mass is 559 g/mol. The highest BCUT2D eigenvalue weighted by molar-refractivity contribution is 5.80. The third-order valence-electron chi connectivity index (χ3n) is 7.46. The van der Waals surface area contributed by atoms with Gasteiger partial charge in [0.15, 0.2) is 0 Å². The van der Waals surface area contributed by atoms with E-state index in [1.165, 1.54) is 0 Å². The van der Waals surface area contributed by atoms with Crippen molar-refractivity contribution >= 4 is 45.5 Å². The smallest absolute Gasteiger partial charge is 0.0463 e. The van der Waals surface area contributed by atoms with Crippen molar-refractivity contribution in [2.24, 2.45) is 0 Å². The molecule has 0 unspecified atom stereocenters. The SMILES string of the molecule is CC(C)(C)N(c1ccc(N(c2ccccc2)c2ccccc2)cc1)c1ccc(N(c2ccccc2)c2ccccc2)cc1. The Kier molecular flexibility index (Phi) is 7.97. The summed E-state index contributed by atoms with van der Waals surface area (Å²) in [5, 5.41) is 0. The summed E-state index contributed by atoms with van der Waals surface area (Å²) in [5.74, 6) is 0. The van der Waals surface area contributed by atoms with Gasteiger partial charge in [0.2, 0.25) is 0 Å². The van der Waals surface area contributed by atoms with Crippen molar-refractivity contribution in [3.8, 4) is 0 Å². The minimum Gasteiger partial charge on any atom is -0.336 e. The molecule has 0 fully saturated rings. The molecule has 0 atom stereocenters. The first-order valence-electron chi connectivity index (χ1n) is 14.8. The molecule has 43 heavy (non-hydrogen) atoms. The molecule has 0 N–H and O–H groups in total. The second kappa shape index (κ2) is 12.3. The van der Waals surface area contributed by atoms with Crippen LogP contribution >= 0.6 is 0 Å². The quantitative estimate of drug-likeness (QED) is 0.184. The number of benzene rings is 6. The Morgan fingerprint density at radius 2 is 0.488 bits per heavy atom. The third kappa shape index (κ3) is 6.17. The van der Waals surface area contributed by atoms with Crippen LogP contribution in [0.2, 0.25) is 0 Å². The molecule has 212 valence electrons. The van der Waals surface area contributed by atoms with Crippen LogP contribution in [-0.4, -0.2) is 5.54 Å². The van der Waals surface area contributed by atoms with E-state index < -0.39 is 0 Å². The maximum absolute atomic E-state index is 2.41. The second-order valence-corrected chi connectivity index (χ2v) is 11.6. The van der Waals surface area contributed by atoms with E-state index >= 15 is 0 Å². The summed E-state index contributed by atoms with van der Waals surface area (Å²) in [4.78, 5) is 6.99. The van der Waals surface area contributed by atoms with E-state index in [9.17, 15) is 0 Å². The van der Waals surface area contributed by atoms with Crippen LogP contribution in [0.4, 0.5) is 45.5 Å². The minimum atomic E-state index is -0.139. The molecule has 0 bridgehead atoms. The highest BCUT2D eigenvalue weighted by Gasteiger charge is 2.24. The summed E-state index contributed by atoms with van der Waals surface area (Å²) in [6.45, 7) is 6.78. The summed E-state index contributed by atoms with van der Waals surface area (Å²) < 4.78 is 0. The second-order valence-electron chi connectivity index (χ2n) is 11.6. The standard InChI is InChI=1S/C40H37N3/c1-40(2,3)43(38-28-24-36(25-29-38)41(32-16-8-4-9-17-32)33-18-10-5-11-19-33)39-30-26-37(27-31-39)42(34-20-12-6-13-21-34)35-22-14-7-15-23-35/h4-31H,1-3H3. The van der Waals surface area contributed by atoms with Gasteiger partial charge in [-0.05, 0) is 118 Å². The van der Waals surface area contributed by atoms with Gasteiger partial charge < -0.3 is 14.7 Å². The van der Waals surface area contributed by atoms with Crippen molar-refractivity contribution < 1.29 is 0 Å². The molecule has 0 aromatic heterocycles. The van der Waals surface area contributed by atoms with E-state index in [4.69, 9.17) is 0 Å². The first-order chi connectivity index (χ1) is 21.0.